The number of hydrogen-bond acceptors (Lipinski definition) is 6. The van der Waals surface area contributed by atoms with Gasteiger partial charge in [-0.15, -0.1) is 5.10 Å². The molecule has 0 aliphatic carbocycles. The third-order valence-electron chi connectivity index (χ3n) is 5.20. The highest BCUT2D eigenvalue weighted by Crippen LogP contribution is 2.34. The molecule has 1 aliphatic rings. The van der Waals surface area contributed by atoms with Crippen LogP contribution in [0.5, 0.6) is 0 Å². The van der Waals surface area contributed by atoms with E-state index in [0.717, 1.165) is 11.1 Å². The lowest BCUT2D eigenvalue weighted by atomic mass is 10.1. The summed E-state index contributed by atoms with van der Waals surface area (Å²) in [5.74, 6) is 0.609. The van der Waals surface area contributed by atoms with Gasteiger partial charge < -0.3 is 15.4 Å². The Hall–Kier alpha value is -3.52. The molecule has 2 aromatic carbocycles. The molecule has 1 aliphatic heterocycles. The van der Waals surface area contributed by atoms with Gasteiger partial charge in [-0.3, -0.25) is 0 Å². The molecule has 3 heterocycles. The standard InChI is InChI=1S/C22H21FN6O/c1-14-4-2-5-15(12-14)19-18-20(24)29(17-7-3-6-16(23)13-17)27-21(18)26-22(25-19)28-8-10-30-11-9-28/h2-7,12-13H,8-11,24H2,1H3. The number of morpholine rings is 1. The van der Waals surface area contributed by atoms with Gasteiger partial charge in [-0.2, -0.15) is 4.98 Å². The van der Waals surface area contributed by atoms with Crippen LogP contribution in [-0.4, -0.2) is 46.1 Å². The number of fused-ring (bicyclic) bond motifs is 1. The summed E-state index contributed by atoms with van der Waals surface area (Å²) in [5.41, 5.74) is 10.3. The lowest BCUT2D eigenvalue weighted by Gasteiger charge is -2.27. The van der Waals surface area contributed by atoms with Crippen LogP contribution < -0.4 is 10.6 Å². The molecule has 0 unspecified atom stereocenters. The molecule has 0 spiro atoms. The van der Waals surface area contributed by atoms with Crippen LogP contribution in [0.15, 0.2) is 48.5 Å². The van der Waals surface area contributed by atoms with Gasteiger partial charge in [0.2, 0.25) is 5.95 Å². The van der Waals surface area contributed by atoms with Gasteiger partial charge in [0.1, 0.15) is 11.6 Å². The van der Waals surface area contributed by atoms with Crippen molar-refractivity contribution in [2.24, 2.45) is 0 Å². The van der Waals surface area contributed by atoms with Gasteiger partial charge in [-0.05, 0) is 31.2 Å². The second kappa shape index (κ2) is 7.38. The maximum atomic E-state index is 13.8. The molecule has 8 heteroatoms. The summed E-state index contributed by atoms with van der Waals surface area (Å²) in [6.45, 7) is 4.70. The predicted molar refractivity (Wildman–Crippen MR) is 114 cm³/mol. The molecule has 152 valence electrons. The van der Waals surface area contributed by atoms with Gasteiger partial charge in [0, 0.05) is 18.7 Å². The van der Waals surface area contributed by atoms with Crippen molar-refractivity contribution >= 4 is 22.8 Å². The number of benzene rings is 2. The van der Waals surface area contributed by atoms with E-state index in [1.807, 2.05) is 25.1 Å². The van der Waals surface area contributed by atoms with E-state index in [-0.39, 0.29) is 5.82 Å². The Kier molecular flexibility index (Phi) is 4.55. The third kappa shape index (κ3) is 3.25. The summed E-state index contributed by atoms with van der Waals surface area (Å²) in [4.78, 5) is 11.6. The Balaban J connectivity index is 1.76. The van der Waals surface area contributed by atoms with Crippen molar-refractivity contribution in [2.45, 2.75) is 6.92 Å². The quantitative estimate of drug-likeness (QED) is 0.564. The molecule has 7 nitrogen and oxygen atoms in total. The number of nitrogens with zero attached hydrogens (tertiary/aromatic N) is 5. The van der Waals surface area contributed by atoms with E-state index in [9.17, 15) is 4.39 Å². The van der Waals surface area contributed by atoms with E-state index in [0.29, 0.717) is 60.5 Å². The minimum absolute atomic E-state index is 0.356. The van der Waals surface area contributed by atoms with Crippen molar-refractivity contribution in [3.8, 4) is 16.9 Å². The number of rotatable bonds is 3. The molecule has 0 radical (unpaired) electrons. The molecule has 0 bridgehead atoms. The molecule has 0 amide bonds. The molecule has 2 aromatic heterocycles. The first kappa shape index (κ1) is 18.5. The summed E-state index contributed by atoms with van der Waals surface area (Å²) in [7, 11) is 0. The average Bonchev–Trinajstić information content (AvgIpc) is 3.10. The summed E-state index contributed by atoms with van der Waals surface area (Å²) < 4.78 is 20.8. The fourth-order valence-corrected chi connectivity index (χ4v) is 3.71. The van der Waals surface area contributed by atoms with E-state index in [2.05, 4.69) is 16.1 Å². The average molecular weight is 404 g/mol. The van der Waals surface area contributed by atoms with E-state index < -0.39 is 0 Å². The van der Waals surface area contributed by atoms with Crippen LogP contribution in [0, 0.1) is 12.7 Å². The van der Waals surface area contributed by atoms with E-state index >= 15 is 0 Å². The minimum atomic E-state index is -0.356. The first-order valence-corrected chi connectivity index (χ1v) is 9.82. The van der Waals surface area contributed by atoms with Crippen molar-refractivity contribution in [1.29, 1.82) is 0 Å². The lowest BCUT2D eigenvalue weighted by Crippen LogP contribution is -2.37. The molecule has 30 heavy (non-hydrogen) atoms. The SMILES string of the molecule is Cc1cccc(-c2nc(N3CCOCC3)nc3nn(-c4cccc(F)c4)c(N)c23)c1. The number of hydrogen-bond donors (Lipinski definition) is 1. The third-order valence-corrected chi connectivity index (χ3v) is 5.20. The van der Waals surface area contributed by atoms with Gasteiger partial charge in [0.15, 0.2) is 5.65 Å². The van der Waals surface area contributed by atoms with Gasteiger partial charge in [-0.1, -0.05) is 29.8 Å². The van der Waals surface area contributed by atoms with Gasteiger partial charge in [-0.25, -0.2) is 14.1 Å². The van der Waals surface area contributed by atoms with Crippen molar-refractivity contribution in [2.75, 3.05) is 36.9 Å². The fraction of sp³-hybridized carbons (Fsp3) is 0.227. The Morgan fingerprint density at radius 1 is 1.03 bits per heavy atom. The number of anilines is 2. The zero-order chi connectivity index (χ0) is 20.7. The predicted octanol–water partition coefficient (Wildman–Crippen LogP) is 3.35. The largest absolute Gasteiger partial charge is 0.383 e. The van der Waals surface area contributed by atoms with Crippen LogP contribution in [0.3, 0.4) is 0 Å². The highest BCUT2D eigenvalue weighted by molar-refractivity contribution is 5.99. The van der Waals surface area contributed by atoms with Crippen LogP contribution in [0.25, 0.3) is 28.0 Å². The highest BCUT2D eigenvalue weighted by Gasteiger charge is 2.22. The Morgan fingerprint density at radius 2 is 1.83 bits per heavy atom. The van der Waals surface area contributed by atoms with Crippen molar-refractivity contribution in [1.82, 2.24) is 19.7 Å². The van der Waals surface area contributed by atoms with E-state index in [1.54, 1.807) is 12.1 Å². The molecule has 0 saturated carbocycles. The molecule has 2 N–H and O–H groups in total. The minimum Gasteiger partial charge on any atom is -0.383 e. The zero-order valence-corrected chi connectivity index (χ0v) is 16.5. The zero-order valence-electron chi connectivity index (χ0n) is 16.5. The molecule has 0 atom stereocenters. The van der Waals surface area contributed by atoms with Crippen molar-refractivity contribution in [3.63, 3.8) is 0 Å². The summed E-state index contributed by atoms with van der Waals surface area (Å²) in [6, 6.07) is 14.2. The van der Waals surface area contributed by atoms with Crippen LogP contribution in [0.2, 0.25) is 0 Å². The van der Waals surface area contributed by atoms with Crippen molar-refractivity contribution < 1.29 is 9.13 Å². The topological polar surface area (TPSA) is 82.1 Å². The molecular weight excluding hydrogens is 383 g/mol. The van der Waals surface area contributed by atoms with Crippen LogP contribution in [-0.2, 0) is 4.74 Å². The Bertz CT molecular complexity index is 1230. The Morgan fingerprint density at radius 3 is 2.60 bits per heavy atom. The van der Waals surface area contributed by atoms with Gasteiger partial charge >= 0.3 is 0 Å². The van der Waals surface area contributed by atoms with Crippen LogP contribution >= 0.6 is 0 Å². The number of aromatic nitrogens is 4. The fourth-order valence-electron chi connectivity index (χ4n) is 3.71. The monoisotopic (exact) mass is 404 g/mol. The van der Waals surface area contributed by atoms with Crippen LogP contribution in [0.1, 0.15) is 5.56 Å². The summed E-state index contributed by atoms with van der Waals surface area (Å²) in [5, 5.41) is 5.26. The highest BCUT2D eigenvalue weighted by atomic mass is 19.1. The smallest absolute Gasteiger partial charge is 0.228 e. The number of nitrogen functional groups attached to an aromatic ring is 1. The van der Waals surface area contributed by atoms with E-state index in [1.165, 1.54) is 16.8 Å². The maximum Gasteiger partial charge on any atom is 0.228 e. The molecular formula is C22H21FN6O. The van der Waals surface area contributed by atoms with E-state index in [4.69, 9.17) is 20.4 Å². The number of halogens is 1. The Labute approximate surface area is 172 Å². The molecule has 1 fully saturated rings. The summed E-state index contributed by atoms with van der Waals surface area (Å²) >= 11 is 0. The van der Waals surface area contributed by atoms with Crippen molar-refractivity contribution in [3.05, 3.63) is 59.9 Å². The second-order valence-electron chi connectivity index (χ2n) is 7.32. The normalized spacial score (nSPS) is 14.4. The first-order chi connectivity index (χ1) is 14.6. The molecule has 1 saturated heterocycles. The lowest BCUT2D eigenvalue weighted by molar-refractivity contribution is 0.122. The number of aryl methyl sites for hydroxylation is 1. The summed E-state index contributed by atoms with van der Waals surface area (Å²) in [6.07, 6.45) is 0. The second-order valence-corrected chi connectivity index (χ2v) is 7.32. The van der Waals surface area contributed by atoms with Crippen LogP contribution in [0.4, 0.5) is 16.2 Å². The van der Waals surface area contributed by atoms with Gasteiger partial charge in [0.05, 0.1) is 30.0 Å². The van der Waals surface area contributed by atoms with Gasteiger partial charge in [0.25, 0.3) is 0 Å². The number of ether oxygens (including phenoxy) is 1. The number of nitrogens with two attached hydrogens (primary N) is 1. The molecule has 4 aromatic rings. The maximum absolute atomic E-state index is 13.8. The first-order valence-electron chi connectivity index (χ1n) is 9.82. The molecule has 5 rings (SSSR count).